The van der Waals surface area contributed by atoms with Crippen molar-refractivity contribution in [3.63, 3.8) is 0 Å². The van der Waals surface area contributed by atoms with Crippen molar-refractivity contribution in [2.24, 2.45) is 5.92 Å². The third-order valence-electron chi connectivity index (χ3n) is 2.51. The Labute approximate surface area is 82.6 Å². The van der Waals surface area contributed by atoms with Gasteiger partial charge in [-0.2, -0.15) is 0 Å². The van der Waals surface area contributed by atoms with Crippen LogP contribution in [0, 0.1) is 16.0 Å². The summed E-state index contributed by atoms with van der Waals surface area (Å²) in [7, 11) is 0. The number of ether oxygens (including phenoxy) is 1. The lowest BCUT2D eigenvalue weighted by molar-refractivity contribution is -0.562. The number of nitrogens with zero attached hydrogens (tertiary/aromatic N) is 1. The number of rotatable bonds is 3. The van der Waals surface area contributed by atoms with Gasteiger partial charge in [0, 0.05) is 25.2 Å². The van der Waals surface area contributed by atoms with Gasteiger partial charge in [-0.05, 0) is 12.8 Å². The summed E-state index contributed by atoms with van der Waals surface area (Å²) in [5, 5.41) is 10.7. The van der Waals surface area contributed by atoms with Gasteiger partial charge < -0.3 is 4.74 Å². The minimum absolute atomic E-state index is 0.263. The van der Waals surface area contributed by atoms with Crippen LogP contribution >= 0.6 is 0 Å². The molecule has 14 heavy (non-hydrogen) atoms. The van der Waals surface area contributed by atoms with Gasteiger partial charge in [0.05, 0.1) is 12.5 Å². The topological polar surface area (TPSA) is 69.4 Å². The Morgan fingerprint density at radius 3 is 2.79 bits per heavy atom. The molecule has 0 unspecified atom stereocenters. The molecule has 0 bridgehead atoms. The molecule has 0 aromatic carbocycles. The molecule has 1 aliphatic heterocycles. The molecule has 0 amide bonds. The van der Waals surface area contributed by atoms with E-state index in [9.17, 15) is 14.9 Å². The molecule has 0 aromatic rings. The van der Waals surface area contributed by atoms with E-state index in [0.717, 1.165) is 6.42 Å². The van der Waals surface area contributed by atoms with Crippen LogP contribution in [0.3, 0.4) is 0 Å². The van der Waals surface area contributed by atoms with Crippen LogP contribution in [-0.2, 0) is 9.53 Å². The van der Waals surface area contributed by atoms with Crippen molar-refractivity contribution in [2.45, 2.75) is 38.6 Å². The van der Waals surface area contributed by atoms with Gasteiger partial charge in [-0.3, -0.25) is 14.9 Å². The molecule has 0 aliphatic carbocycles. The number of hydrogen-bond donors (Lipinski definition) is 0. The Hall–Kier alpha value is -1.13. The summed E-state index contributed by atoms with van der Waals surface area (Å²) in [5.74, 6) is -0.588. The van der Waals surface area contributed by atoms with Crippen molar-refractivity contribution >= 4 is 5.97 Å². The zero-order valence-electron chi connectivity index (χ0n) is 8.49. The molecule has 1 rings (SSSR count). The van der Waals surface area contributed by atoms with Gasteiger partial charge in [0.15, 0.2) is 0 Å². The normalized spacial score (nSPS) is 23.0. The Morgan fingerprint density at radius 2 is 2.29 bits per heavy atom. The van der Waals surface area contributed by atoms with Crippen LogP contribution in [0.1, 0.15) is 33.1 Å². The van der Waals surface area contributed by atoms with Gasteiger partial charge >= 0.3 is 5.97 Å². The highest BCUT2D eigenvalue weighted by Crippen LogP contribution is 2.26. The third-order valence-corrected chi connectivity index (χ3v) is 2.51. The van der Waals surface area contributed by atoms with Crippen molar-refractivity contribution in [1.29, 1.82) is 0 Å². The molecule has 1 atom stereocenters. The lowest BCUT2D eigenvalue weighted by atomic mass is 9.87. The fraction of sp³-hybridized carbons (Fsp3) is 0.889. The standard InChI is InChI=1S/C9H15NO4/c1-9(2,10(12)13)6-7-4-3-5-14-8(7)11/h7H,3-6H2,1-2H3/t7-/m0/s1. The maximum absolute atomic E-state index is 11.2. The number of hydrogen-bond acceptors (Lipinski definition) is 4. The molecule has 1 heterocycles. The first-order valence-corrected chi connectivity index (χ1v) is 4.74. The monoisotopic (exact) mass is 201 g/mol. The van der Waals surface area contributed by atoms with E-state index in [-0.39, 0.29) is 23.2 Å². The molecule has 5 nitrogen and oxygen atoms in total. The highest BCUT2D eigenvalue weighted by Gasteiger charge is 2.38. The Morgan fingerprint density at radius 1 is 1.64 bits per heavy atom. The zero-order chi connectivity index (χ0) is 10.8. The number of carbonyl (C=O) groups excluding carboxylic acids is 1. The molecule has 1 saturated heterocycles. The van der Waals surface area contributed by atoms with Crippen LogP contribution in [-0.4, -0.2) is 23.0 Å². The highest BCUT2D eigenvalue weighted by molar-refractivity contribution is 5.73. The predicted molar refractivity (Wildman–Crippen MR) is 49.4 cm³/mol. The number of esters is 1. The molecule has 1 aliphatic rings. The predicted octanol–water partition coefficient (Wildman–Crippen LogP) is 1.39. The van der Waals surface area contributed by atoms with E-state index in [1.54, 1.807) is 0 Å². The number of carbonyl (C=O) groups is 1. The summed E-state index contributed by atoms with van der Waals surface area (Å²) in [4.78, 5) is 21.6. The fourth-order valence-corrected chi connectivity index (χ4v) is 1.60. The second-order valence-electron chi connectivity index (χ2n) is 4.28. The fourth-order valence-electron chi connectivity index (χ4n) is 1.60. The van der Waals surface area contributed by atoms with Crippen LogP contribution in [0.4, 0.5) is 0 Å². The van der Waals surface area contributed by atoms with Crippen LogP contribution in [0.15, 0.2) is 0 Å². The number of cyclic esters (lactones) is 1. The van der Waals surface area contributed by atoms with Crippen LogP contribution in [0.2, 0.25) is 0 Å². The van der Waals surface area contributed by atoms with Crippen LogP contribution in [0.5, 0.6) is 0 Å². The minimum Gasteiger partial charge on any atom is -0.465 e. The molecular weight excluding hydrogens is 186 g/mol. The summed E-state index contributed by atoms with van der Waals surface area (Å²) in [6.07, 6.45) is 1.78. The van der Waals surface area contributed by atoms with Gasteiger partial charge in [-0.25, -0.2) is 0 Å². The lowest BCUT2D eigenvalue weighted by Gasteiger charge is -2.24. The van der Waals surface area contributed by atoms with E-state index in [0.29, 0.717) is 13.0 Å². The average molecular weight is 201 g/mol. The smallest absolute Gasteiger partial charge is 0.309 e. The van der Waals surface area contributed by atoms with Gasteiger partial charge in [0.25, 0.3) is 0 Å². The lowest BCUT2D eigenvalue weighted by Crippen LogP contribution is -2.37. The molecule has 0 N–H and O–H groups in total. The maximum atomic E-state index is 11.2. The molecule has 0 saturated carbocycles. The molecule has 80 valence electrons. The van der Waals surface area contributed by atoms with E-state index >= 15 is 0 Å². The first-order chi connectivity index (χ1) is 6.43. The SMILES string of the molecule is CC(C)(C[C@@H]1CCCOC1=O)[N+](=O)[O-]. The maximum Gasteiger partial charge on any atom is 0.309 e. The van der Waals surface area contributed by atoms with Crippen molar-refractivity contribution < 1.29 is 14.5 Å². The first kappa shape index (κ1) is 10.9. The quantitative estimate of drug-likeness (QED) is 0.393. The van der Waals surface area contributed by atoms with Crippen molar-refractivity contribution in [3.05, 3.63) is 10.1 Å². The van der Waals surface area contributed by atoms with Crippen molar-refractivity contribution in [2.75, 3.05) is 6.61 Å². The third kappa shape index (κ3) is 2.43. The Kier molecular flexibility index (Phi) is 3.08. The summed E-state index contributed by atoms with van der Waals surface area (Å²) in [5.41, 5.74) is -1.04. The van der Waals surface area contributed by atoms with E-state index in [4.69, 9.17) is 4.74 Å². The van der Waals surface area contributed by atoms with E-state index in [1.807, 2.05) is 0 Å². The number of nitro groups is 1. The van der Waals surface area contributed by atoms with Crippen LogP contribution in [0.25, 0.3) is 0 Å². The molecule has 0 aromatic heterocycles. The first-order valence-electron chi connectivity index (χ1n) is 4.74. The van der Waals surface area contributed by atoms with Crippen molar-refractivity contribution in [1.82, 2.24) is 0 Å². The van der Waals surface area contributed by atoms with E-state index in [1.165, 1.54) is 13.8 Å². The summed E-state index contributed by atoms with van der Waals surface area (Å²) in [6.45, 7) is 3.53. The summed E-state index contributed by atoms with van der Waals surface area (Å²) >= 11 is 0. The minimum atomic E-state index is -1.04. The van der Waals surface area contributed by atoms with Crippen LogP contribution < -0.4 is 0 Å². The van der Waals surface area contributed by atoms with E-state index in [2.05, 4.69) is 0 Å². The second kappa shape index (κ2) is 3.94. The van der Waals surface area contributed by atoms with Gasteiger partial charge in [-0.15, -0.1) is 0 Å². The Bertz CT molecular complexity index is 249. The molecule has 1 fully saturated rings. The van der Waals surface area contributed by atoms with Gasteiger partial charge in [0.1, 0.15) is 0 Å². The zero-order valence-corrected chi connectivity index (χ0v) is 8.49. The Balaban J connectivity index is 2.58. The van der Waals surface area contributed by atoms with Gasteiger partial charge in [-0.1, -0.05) is 0 Å². The summed E-state index contributed by atoms with van der Waals surface area (Å²) < 4.78 is 4.85. The molecule has 5 heteroatoms. The van der Waals surface area contributed by atoms with Gasteiger partial charge in [0.2, 0.25) is 5.54 Å². The van der Waals surface area contributed by atoms with Crippen molar-refractivity contribution in [3.8, 4) is 0 Å². The highest BCUT2D eigenvalue weighted by atomic mass is 16.6. The molecule has 0 radical (unpaired) electrons. The average Bonchev–Trinajstić information content (AvgIpc) is 2.08. The second-order valence-corrected chi connectivity index (χ2v) is 4.28. The summed E-state index contributed by atoms with van der Waals surface area (Å²) in [6, 6.07) is 0. The van der Waals surface area contributed by atoms with E-state index < -0.39 is 5.54 Å². The molecule has 0 spiro atoms. The molecular formula is C9H15NO4. The largest absolute Gasteiger partial charge is 0.465 e.